The number of anilines is 1. The van der Waals surface area contributed by atoms with Gasteiger partial charge < -0.3 is 10.0 Å². The number of benzene rings is 1. The summed E-state index contributed by atoms with van der Waals surface area (Å²) in [4.78, 5) is 9.27. The van der Waals surface area contributed by atoms with Crippen molar-refractivity contribution < 1.29 is 5.11 Å². The Morgan fingerprint density at radius 3 is 2.57 bits per heavy atom. The number of aliphatic hydroxyl groups is 1. The van der Waals surface area contributed by atoms with Crippen LogP contribution in [0.5, 0.6) is 0 Å². The minimum atomic E-state index is -0.529. The standard InChI is InChI=1S/C18H22ClN3O/c1-14(23)17-6-3-7-18(20-17)22-10-8-21(9-11-22)13-15-4-2-5-16(19)12-15/h2-7,12,14,23H,8-11,13H2,1H3. The number of hydrogen-bond acceptors (Lipinski definition) is 4. The molecule has 23 heavy (non-hydrogen) atoms. The normalized spacial score (nSPS) is 17.3. The SMILES string of the molecule is CC(O)c1cccc(N2CCN(Cc3cccc(Cl)c3)CC2)n1. The molecule has 1 unspecified atom stereocenters. The third-order valence-corrected chi connectivity index (χ3v) is 4.41. The van der Waals surface area contributed by atoms with Crippen molar-refractivity contribution in [3.63, 3.8) is 0 Å². The predicted molar refractivity (Wildman–Crippen MR) is 93.8 cm³/mol. The molecule has 0 radical (unpaired) electrons. The molecule has 1 aromatic heterocycles. The molecule has 1 aliphatic rings. The zero-order valence-corrected chi connectivity index (χ0v) is 14.1. The van der Waals surface area contributed by atoms with E-state index in [2.05, 4.69) is 20.9 Å². The number of hydrogen-bond donors (Lipinski definition) is 1. The number of halogens is 1. The summed E-state index contributed by atoms with van der Waals surface area (Å²) in [5, 5.41) is 10.5. The highest BCUT2D eigenvalue weighted by Crippen LogP contribution is 2.19. The van der Waals surface area contributed by atoms with E-state index >= 15 is 0 Å². The first-order valence-corrected chi connectivity index (χ1v) is 8.36. The van der Waals surface area contributed by atoms with Crippen LogP contribution in [0.4, 0.5) is 5.82 Å². The van der Waals surface area contributed by atoms with E-state index in [0.717, 1.165) is 49.3 Å². The quantitative estimate of drug-likeness (QED) is 0.934. The average molecular weight is 332 g/mol. The maximum absolute atomic E-state index is 9.68. The van der Waals surface area contributed by atoms with Crippen LogP contribution in [0, 0.1) is 0 Å². The maximum Gasteiger partial charge on any atom is 0.129 e. The number of aromatic nitrogens is 1. The van der Waals surface area contributed by atoms with Crippen LogP contribution in [0.2, 0.25) is 5.02 Å². The van der Waals surface area contributed by atoms with Gasteiger partial charge in [-0.05, 0) is 36.8 Å². The first kappa shape index (κ1) is 16.2. The molecule has 0 saturated carbocycles. The Kier molecular flexibility index (Phi) is 5.16. The molecule has 5 heteroatoms. The van der Waals surface area contributed by atoms with Gasteiger partial charge in [-0.15, -0.1) is 0 Å². The fourth-order valence-electron chi connectivity index (χ4n) is 2.88. The average Bonchev–Trinajstić information content (AvgIpc) is 2.56. The Labute approximate surface area is 142 Å². The fourth-order valence-corrected chi connectivity index (χ4v) is 3.09. The van der Waals surface area contributed by atoms with E-state index in [1.807, 2.05) is 36.4 Å². The molecule has 122 valence electrons. The largest absolute Gasteiger partial charge is 0.387 e. The summed E-state index contributed by atoms with van der Waals surface area (Å²) >= 11 is 6.05. The molecule has 3 rings (SSSR count). The number of rotatable bonds is 4. The second kappa shape index (κ2) is 7.30. The van der Waals surface area contributed by atoms with Gasteiger partial charge in [0.05, 0.1) is 11.8 Å². The van der Waals surface area contributed by atoms with Gasteiger partial charge in [-0.3, -0.25) is 4.90 Å². The highest BCUT2D eigenvalue weighted by atomic mass is 35.5. The van der Waals surface area contributed by atoms with Gasteiger partial charge in [0.25, 0.3) is 0 Å². The summed E-state index contributed by atoms with van der Waals surface area (Å²) in [5.74, 6) is 0.950. The lowest BCUT2D eigenvalue weighted by Crippen LogP contribution is -2.46. The number of pyridine rings is 1. The third-order valence-electron chi connectivity index (χ3n) is 4.18. The molecule has 2 aromatic rings. The Morgan fingerprint density at radius 2 is 1.87 bits per heavy atom. The molecule has 1 aromatic carbocycles. The van der Waals surface area contributed by atoms with Crippen LogP contribution in [0.1, 0.15) is 24.3 Å². The number of piperazine rings is 1. The highest BCUT2D eigenvalue weighted by molar-refractivity contribution is 6.30. The van der Waals surface area contributed by atoms with Gasteiger partial charge in [0.1, 0.15) is 5.82 Å². The molecule has 0 aliphatic carbocycles. The molecule has 2 heterocycles. The summed E-state index contributed by atoms with van der Waals surface area (Å²) in [7, 11) is 0. The summed E-state index contributed by atoms with van der Waals surface area (Å²) in [6.45, 7) is 6.54. The van der Waals surface area contributed by atoms with E-state index in [4.69, 9.17) is 11.6 Å². The Morgan fingerprint density at radius 1 is 1.13 bits per heavy atom. The lowest BCUT2D eigenvalue weighted by molar-refractivity contribution is 0.194. The summed E-state index contributed by atoms with van der Waals surface area (Å²) in [5.41, 5.74) is 1.98. The lowest BCUT2D eigenvalue weighted by Gasteiger charge is -2.35. The molecule has 1 aliphatic heterocycles. The van der Waals surface area contributed by atoms with Crippen LogP contribution >= 0.6 is 11.6 Å². The van der Waals surface area contributed by atoms with Crippen molar-refractivity contribution in [3.05, 3.63) is 58.7 Å². The van der Waals surface area contributed by atoms with Gasteiger partial charge in [0, 0.05) is 37.7 Å². The van der Waals surface area contributed by atoms with Crippen LogP contribution in [0.25, 0.3) is 0 Å². The van der Waals surface area contributed by atoms with Crippen molar-refractivity contribution >= 4 is 17.4 Å². The van der Waals surface area contributed by atoms with Crippen molar-refractivity contribution in [1.29, 1.82) is 0 Å². The highest BCUT2D eigenvalue weighted by Gasteiger charge is 2.18. The first-order chi connectivity index (χ1) is 11.1. The first-order valence-electron chi connectivity index (χ1n) is 7.98. The van der Waals surface area contributed by atoms with Crippen LogP contribution in [-0.4, -0.2) is 41.2 Å². The van der Waals surface area contributed by atoms with Crippen LogP contribution < -0.4 is 4.90 Å². The molecule has 1 saturated heterocycles. The maximum atomic E-state index is 9.68. The molecule has 0 amide bonds. The Bertz CT molecular complexity index is 654. The van der Waals surface area contributed by atoms with Gasteiger partial charge in [0.15, 0.2) is 0 Å². The molecular weight excluding hydrogens is 310 g/mol. The van der Waals surface area contributed by atoms with E-state index in [1.54, 1.807) is 6.92 Å². The summed E-state index contributed by atoms with van der Waals surface area (Å²) in [6.07, 6.45) is -0.529. The van der Waals surface area contributed by atoms with Gasteiger partial charge in [-0.1, -0.05) is 29.8 Å². The van der Waals surface area contributed by atoms with Crippen molar-refractivity contribution in [2.75, 3.05) is 31.1 Å². The zero-order valence-electron chi connectivity index (χ0n) is 13.3. The fraction of sp³-hybridized carbons (Fsp3) is 0.389. The van der Waals surface area contributed by atoms with Crippen molar-refractivity contribution in [3.8, 4) is 0 Å². The molecule has 1 atom stereocenters. The Hall–Kier alpha value is -1.62. The predicted octanol–water partition coefficient (Wildman–Crippen LogP) is 3.11. The van der Waals surface area contributed by atoms with Gasteiger partial charge >= 0.3 is 0 Å². The molecule has 1 fully saturated rings. The molecule has 0 bridgehead atoms. The van der Waals surface area contributed by atoms with Crippen LogP contribution in [0.15, 0.2) is 42.5 Å². The van der Waals surface area contributed by atoms with Crippen molar-refractivity contribution in [2.24, 2.45) is 0 Å². The lowest BCUT2D eigenvalue weighted by atomic mass is 10.2. The molecule has 0 spiro atoms. The topological polar surface area (TPSA) is 39.6 Å². The van der Waals surface area contributed by atoms with Crippen LogP contribution in [-0.2, 0) is 6.54 Å². The van der Waals surface area contributed by atoms with Crippen molar-refractivity contribution in [1.82, 2.24) is 9.88 Å². The second-order valence-corrected chi connectivity index (χ2v) is 6.43. The minimum absolute atomic E-state index is 0.529. The molecular formula is C18H22ClN3O. The Balaban J connectivity index is 1.59. The monoisotopic (exact) mass is 331 g/mol. The number of aliphatic hydroxyl groups excluding tert-OH is 1. The minimum Gasteiger partial charge on any atom is -0.387 e. The zero-order chi connectivity index (χ0) is 16.2. The van der Waals surface area contributed by atoms with Crippen molar-refractivity contribution in [2.45, 2.75) is 19.6 Å². The number of nitrogens with zero attached hydrogens (tertiary/aromatic N) is 3. The van der Waals surface area contributed by atoms with E-state index in [0.29, 0.717) is 0 Å². The molecule has 4 nitrogen and oxygen atoms in total. The van der Waals surface area contributed by atoms with Gasteiger partial charge in [-0.25, -0.2) is 4.98 Å². The van der Waals surface area contributed by atoms with E-state index in [1.165, 1.54) is 5.56 Å². The van der Waals surface area contributed by atoms with E-state index in [9.17, 15) is 5.11 Å². The van der Waals surface area contributed by atoms with Gasteiger partial charge in [-0.2, -0.15) is 0 Å². The summed E-state index contributed by atoms with van der Waals surface area (Å²) < 4.78 is 0. The molecule has 1 N–H and O–H groups in total. The van der Waals surface area contributed by atoms with Gasteiger partial charge in [0.2, 0.25) is 0 Å². The van der Waals surface area contributed by atoms with E-state index < -0.39 is 6.10 Å². The second-order valence-electron chi connectivity index (χ2n) is 5.99. The smallest absolute Gasteiger partial charge is 0.129 e. The van der Waals surface area contributed by atoms with E-state index in [-0.39, 0.29) is 0 Å². The third kappa shape index (κ3) is 4.22. The van der Waals surface area contributed by atoms with Crippen LogP contribution in [0.3, 0.4) is 0 Å². The summed E-state index contributed by atoms with van der Waals surface area (Å²) in [6, 6.07) is 13.9.